The highest BCUT2D eigenvalue weighted by Crippen LogP contribution is 2.13. The van der Waals surface area contributed by atoms with Gasteiger partial charge in [0.05, 0.1) is 4.88 Å². The molecule has 1 aliphatic heterocycles. The highest BCUT2D eigenvalue weighted by molar-refractivity contribution is 7.12. The van der Waals surface area contributed by atoms with Gasteiger partial charge in [0.15, 0.2) is 0 Å². The zero-order valence-corrected chi connectivity index (χ0v) is 11.8. The lowest BCUT2D eigenvalue weighted by Crippen LogP contribution is -2.44. The fourth-order valence-corrected chi connectivity index (χ4v) is 2.97. The van der Waals surface area contributed by atoms with Crippen molar-refractivity contribution in [3.63, 3.8) is 0 Å². The van der Waals surface area contributed by atoms with E-state index in [1.54, 1.807) is 0 Å². The molecule has 1 fully saturated rings. The topological polar surface area (TPSA) is 32.3 Å². The van der Waals surface area contributed by atoms with Crippen LogP contribution in [0.2, 0.25) is 0 Å². The molecule has 0 bridgehead atoms. The Kier molecular flexibility index (Phi) is 5.20. The van der Waals surface area contributed by atoms with E-state index in [0.29, 0.717) is 6.04 Å². The monoisotopic (exact) mass is 266 g/mol. The molecule has 0 saturated carbocycles. The Bertz CT molecular complexity index is 356. The van der Waals surface area contributed by atoms with Gasteiger partial charge in [-0.15, -0.1) is 11.3 Å². The maximum atomic E-state index is 11.9. The van der Waals surface area contributed by atoms with Crippen LogP contribution >= 0.6 is 11.3 Å². The van der Waals surface area contributed by atoms with E-state index in [0.717, 1.165) is 30.8 Å². The summed E-state index contributed by atoms with van der Waals surface area (Å²) in [5, 5.41) is 5.09. The van der Waals surface area contributed by atoms with Crippen molar-refractivity contribution in [1.82, 2.24) is 10.2 Å². The summed E-state index contributed by atoms with van der Waals surface area (Å²) >= 11 is 1.51. The fraction of sp³-hybridized carbons (Fsp3) is 0.643. The molecule has 1 aromatic heterocycles. The molecule has 0 aliphatic carbocycles. The van der Waals surface area contributed by atoms with Gasteiger partial charge in [-0.3, -0.25) is 4.79 Å². The van der Waals surface area contributed by atoms with E-state index in [9.17, 15) is 4.79 Å². The highest BCUT2D eigenvalue weighted by Gasteiger charge is 2.20. The van der Waals surface area contributed by atoms with Crippen molar-refractivity contribution < 1.29 is 4.79 Å². The van der Waals surface area contributed by atoms with E-state index in [-0.39, 0.29) is 5.91 Å². The van der Waals surface area contributed by atoms with Gasteiger partial charge in [-0.1, -0.05) is 19.4 Å². The van der Waals surface area contributed by atoms with Gasteiger partial charge in [0.25, 0.3) is 5.91 Å². The molecule has 4 heteroatoms. The zero-order valence-electron chi connectivity index (χ0n) is 11.0. The van der Waals surface area contributed by atoms with Crippen LogP contribution in [0.1, 0.15) is 42.3 Å². The van der Waals surface area contributed by atoms with Crippen molar-refractivity contribution in [3.05, 3.63) is 22.4 Å². The Morgan fingerprint density at radius 1 is 1.50 bits per heavy atom. The van der Waals surface area contributed by atoms with Crippen molar-refractivity contribution >= 4 is 17.2 Å². The summed E-state index contributed by atoms with van der Waals surface area (Å²) in [7, 11) is 0. The van der Waals surface area contributed by atoms with E-state index >= 15 is 0 Å². The Hall–Kier alpha value is -0.870. The maximum absolute atomic E-state index is 11.9. The molecular formula is C14H22N2OS. The van der Waals surface area contributed by atoms with Crippen LogP contribution in [-0.4, -0.2) is 36.5 Å². The lowest BCUT2D eigenvalue weighted by molar-refractivity contribution is 0.0915. The van der Waals surface area contributed by atoms with Crippen LogP contribution in [-0.2, 0) is 0 Å². The Morgan fingerprint density at radius 2 is 2.28 bits per heavy atom. The lowest BCUT2D eigenvalue weighted by Gasteiger charge is -2.32. The fourth-order valence-electron chi connectivity index (χ4n) is 2.35. The lowest BCUT2D eigenvalue weighted by atomic mass is 10.0. The second-order valence-electron chi connectivity index (χ2n) is 4.92. The summed E-state index contributed by atoms with van der Waals surface area (Å²) in [6.45, 7) is 5.68. The van der Waals surface area contributed by atoms with Crippen LogP contribution in [0.4, 0.5) is 0 Å². The summed E-state index contributed by atoms with van der Waals surface area (Å²) in [5.41, 5.74) is 0. The van der Waals surface area contributed by atoms with Crippen molar-refractivity contribution in [2.24, 2.45) is 0 Å². The first-order chi connectivity index (χ1) is 8.79. The van der Waals surface area contributed by atoms with Gasteiger partial charge in [-0.25, -0.2) is 0 Å². The summed E-state index contributed by atoms with van der Waals surface area (Å²) < 4.78 is 0. The number of carbonyl (C=O) groups is 1. The normalized spacial score (nSPS) is 17.8. The standard InChI is InChI=1S/C14H22N2OS/c1-2-3-8-16-9-6-12(7-10-16)15-14(17)13-5-4-11-18-13/h4-5,11-12H,2-3,6-10H2,1H3,(H,15,17). The number of piperidine rings is 1. The van der Waals surface area contributed by atoms with Crippen LogP contribution in [0.15, 0.2) is 17.5 Å². The summed E-state index contributed by atoms with van der Waals surface area (Å²) in [6, 6.07) is 4.17. The number of likely N-dealkylation sites (tertiary alicyclic amines) is 1. The quantitative estimate of drug-likeness (QED) is 0.889. The minimum absolute atomic E-state index is 0.0945. The number of hydrogen-bond donors (Lipinski definition) is 1. The van der Waals surface area contributed by atoms with Gasteiger partial charge in [0, 0.05) is 19.1 Å². The Balaban J connectivity index is 1.72. The highest BCUT2D eigenvalue weighted by atomic mass is 32.1. The van der Waals surface area contributed by atoms with Gasteiger partial charge in [0.1, 0.15) is 0 Å². The van der Waals surface area contributed by atoms with Crippen molar-refractivity contribution in [1.29, 1.82) is 0 Å². The van der Waals surface area contributed by atoms with Crippen LogP contribution in [0.5, 0.6) is 0 Å². The molecule has 18 heavy (non-hydrogen) atoms. The van der Waals surface area contributed by atoms with E-state index in [4.69, 9.17) is 0 Å². The van der Waals surface area contributed by atoms with E-state index in [1.165, 1.54) is 30.7 Å². The summed E-state index contributed by atoms with van der Waals surface area (Å²) in [6.07, 6.45) is 4.71. The number of hydrogen-bond acceptors (Lipinski definition) is 3. The molecule has 1 N–H and O–H groups in total. The average molecular weight is 266 g/mol. The number of nitrogens with zero attached hydrogens (tertiary/aromatic N) is 1. The van der Waals surface area contributed by atoms with Crippen molar-refractivity contribution in [2.75, 3.05) is 19.6 Å². The van der Waals surface area contributed by atoms with Gasteiger partial charge in [-0.2, -0.15) is 0 Å². The molecule has 1 saturated heterocycles. The largest absolute Gasteiger partial charge is 0.349 e. The molecule has 100 valence electrons. The van der Waals surface area contributed by atoms with E-state index in [2.05, 4.69) is 17.1 Å². The smallest absolute Gasteiger partial charge is 0.261 e. The molecule has 0 atom stereocenters. The number of rotatable bonds is 5. The minimum atomic E-state index is 0.0945. The van der Waals surface area contributed by atoms with Gasteiger partial charge < -0.3 is 10.2 Å². The molecule has 0 unspecified atom stereocenters. The zero-order chi connectivity index (χ0) is 12.8. The van der Waals surface area contributed by atoms with Crippen LogP contribution in [0.3, 0.4) is 0 Å². The second kappa shape index (κ2) is 6.90. The van der Waals surface area contributed by atoms with Crippen molar-refractivity contribution in [3.8, 4) is 0 Å². The minimum Gasteiger partial charge on any atom is -0.349 e. The number of nitrogens with one attached hydrogen (secondary N) is 1. The number of amides is 1. The van der Waals surface area contributed by atoms with E-state index < -0.39 is 0 Å². The second-order valence-corrected chi connectivity index (χ2v) is 5.87. The van der Waals surface area contributed by atoms with Crippen LogP contribution < -0.4 is 5.32 Å². The van der Waals surface area contributed by atoms with Crippen molar-refractivity contribution in [2.45, 2.75) is 38.6 Å². The molecule has 0 aromatic carbocycles. The predicted octanol–water partition coefficient (Wildman–Crippen LogP) is 2.74. The first kappa shape index (κ1) is 13.6. The maximum Gasteiger partial charge on any atom is 0.261 e. The average Bonchev–Trinajstić information content (AvgIpc) is 2.92. The van der Waals surface area contributed by atoms with Gasteiger partial charge in [0.2, 0.25) is 0 Å². The Morgan fingerprint density at radius 3 is 2.89 bits per heavy atom. The van der Waals surface area contributed by atoms with E-state index in [1.807, 2.05) is 17.5 Å². The molecule has 1 amide bonds. The molecule has 0 spiro atoms. The molecule has 2 heterocycles. The SMILES string of the molecule is CCCCN1CCC(NC(=O)c2cccs2)CC1. The predicted molar refractivity (Wildman–Crippen MR) is 76.2 cm³/mol. The molecule has 1 aromatic rings. The third kappa shape index (κ3) is 3.82. The first-order valence-corrected chi connectivity index (χ1v) is 7.74. The molecule has 3 nitrogen and oxygen atoms in total. The van der Waals surface area contributed by atoms with Crippen LogP contribution in [0, 0.1) is 0 Å². The molecule has 1 aliphatic rings. The molecular weight excluding hydrogens is 244 g/mol. The summed E-state index contributed by atoms with van der Waals surface area (Å²) in [4.78, 5) is 15.2. The third-order valence-corrected chi connectivity index (χ3v) is 4.36. The number of unbranched alkanes of at least 4 members (excludes halogenated alkanes) is 1. The first-order valence-electron chi connectivity index (χ1n) is 6.86. The molecule has 0 radical (unpaired) electrons. The van der Waals surface area contributed by atoms with Gasteiger partial charge >= 0.3 is 0 Å². The number of carbonyl (C=O) groups excluding carboxylic acids is 1. The Labute approximate surface area is 113 Å². The summed E-state index contributed by atoms with van der Waals surface area (Å²) in [5.74, 6) is 0.0945. The van der Waals surface area contributed by atoms with Crippen LogP contribution in [0.25, 0.3) is 0 Å². The number of thiophene rings is 1. The van der Waals surface area contributed by atoms with Gasteiger partial charge in [-0.05, 0) is 37.3 Å². The molecule has 2 rings (SSSR count). The third-order valence-electron chi connectivity index (χ3n) is 3.50.